The van der Waals surface area contributed by atoms with Gasteiger partial charge in [0.2, 0.25) is 5.95 Å². The highest BCUT2D eigenvalue weighted by molar-refractivity contribution is 5.99. The first kappa shape index (κ1) is 19.9. The van der Waals surface area contributed by atoms with Gasteiger partial charge in [0, 0.05) is 22.7 Å². The molecule has 2 heterocycles. The van der Waals surface area contributed by atoms with Crippen molar-refractivity contribution >= 4 is 17.5 Å². The number of benzene rings is 1. The van der Waals surface area contributed by atoms with Crippen LogP contribution in [0.4, 0.5) is 16.3 Å². The van der Waals surface area contributed by atoms with E-state index in [1.807, 2.05) is 45.0 Å². The van der Waals surface area contributed by atoms with Crippen LogP contribution in [0.2, 0.25) is 0 Å². The van der Waals surface area contributed by atoms with Gasteiger partial charge < -0.3 is 5.32 Å². The van der Waals surface area contributed by atoms with Crippen LogP contribution < -0.4 is 16.2 Å². The van der Waals surface area contributed by atoms with Crippen LogP contribution in [0.1, 0.15) is 50.6 Å². The maximum absolute atomic E-state index is 12.6. The summed E-state index contributed by atoms with van der Waals surface area (Å²) in [4.78, 5) is 32.7. The molecule has 3 N–H and O–H groups in total. The van der Waals surface area contributed by atoms with Gasteiger partial charge in [-0.05, 0) is 37.8 Å². The predicted molar refractivity (Wildman–Crippen MR) is 116 cm³/mol. The van der Waals surface area contributed by atoms with Crippen molar-refractivity contribution in [3.8, 4) is 5.95 Å². The fourth-order valence-corrected chi connectivity index (χ4v) is 3.49. The number of para-hydroxylation sites is 1. The second-order valence-electron chi connectivity index (χ2n) is 8.54. The van der Waals surface area contributed by atoms with E-state index < -0.39 is 6.03 Å². The second-order valence-corrected chi connectivity index (χ2v) is 8.54. The van der Waals surface area contributed by atoms with Crippen molar-refractivity contribution in [2.75, 3.05) is 10.6 Å². The zero-order valence-electron chi connectivity index (χ0n) is 17.5. The standard InChI is InChI=1S/C22H26N6O2/c1-22(2,3)17-13-18(25-21(30)23-14-9-5-4-6-10-14)28(27-17)20-24-16-12-8-7-11-15(16)19(29)26-20/h4-6,9-10,13H,7-8,11-12H2,1-3H3,(H2,23,25,30)(H,24,26,29). The van der Waals surface area contributed by atoms with Crippen LogP contribution in [0.5, 0.6) is 0 Å². The number of urea groups is 1. The normalized spacial score (nSPS) is 13.6. The van der Waals surface area contributed by atoms with E-state index in [0.717, 1.165) is 42.6 Å². The molecule has 1 aliphatic carbocycles. The van der Waals surface area contributed by atoms with Crippen molar-refractivity contribution < 1.29 is 4.79 Å². The van der Waals surface area contributed by atoms with Gasteiger partial charge in [0.15, 0.2) is 0 Å². The number of rotatable bonds is 3. The topological polar surface area (TPSA) is 105 Å². The Morgan fingerprint density at radius 2 is 1.83 bits per heavy atom. The molecule has 2 amide bonds. The third kappa shape index (κ3) is 4.12. The summed E-state index contributed by atoms with van der Waals surface area (Å²) in [5.74, 6) is 0.749. The number of aryl methyl sites for hydroxylation is 1. The molecule has 156 valence electrons. The zero-order chi connectivity index (χ0) is 21.3. The van der Waals surface area contributed by atoms with E-state index >= 15 is 0 Å². The number of amides is 2. The van der Waals surface area contributed by atoms with Gasteiger partial charge in [-0.25, -0.2) is 9.78 Å². The molecule has 0 bridgehead atoms. The lowest BCUT2D eigenvalue weighted by molar-refractivity contribution is 0.262. The van der Waals surface area contributed by atoms with E-state index in [1.54, 1.807) is 12.1 Å². The molecule has 30 heavy (non-hydrogen) atoms. The minimum atomic E-state index is -0.400. The van der Waals surface area contributed by atoms with Crippen LogP contribution in [0, 0.1) is 0 Å². The third-order valence-electron chi connectivity index (χ3n) is 5.13. The first-order valence-corrected chi connectivity index (χ1v) is 10.2. The Morgan fingerprint density at radius 3 is 2.57 bits per heavy atom. The van der Waals surface area contributed by atoms with E-state index in [9.17, 15) is 9.59 Å². The molecule has 2 aromatic heterocycles. The molecule has 8 nitrogen and oxygen atoms in total. The van der Waals surface area contributed by atoms with Gasteiger partial charge in [0.05, 0.1) is 11.4 Å². The van der Waals surface area contributed by atoms with E-state index in [1.165, 1.54) is 4.68 Å². The number of H-pyrrole nitrogens is 1. The van der Waals surface area contributed by atoms with Crippen LogP contribution in [0.3, 0.4) is 0 Å². The minimum Gasteiger partial charge on any atom is -0.308 e. The number of hydrogen-bond acceptors (Lipinski definition) is 4. The van der Waals surface area contributed by atoms with Crippen molar-refractivity contribution in [1.82, 2.24) is 19.7 Å². The number of nitrogens with one attached hydrogen (secondary N) is 3. The number of carbonyl (C=O) groups excluding carboxylic acids is 1. The van der Waals surface area contributed by atoms with E-state index in [0.29, 0.717) is 17.5 Å². The molecule has 1 aliphatic rings. The van der Waals surface area contributed by atoms with Crippen LogP contribution in [0.15, 0.2) is 41.2 Å². The molecule has 0 radical (unpaired) electrons. The summed E-state index contributed by atoms with van der Waals surface area (Å²) >= 11 is 0. The summed E-state index contributed by atoms with van der Waals surface area (Å²) in [5, 5.41) is 10.3. The summed E-state index contributed by atoms with van der Waals surface area (Å²) in [6.07, 6.45) is 3.53. The van der Waals surface area contributed by atoms with Crippen LogP contribution in [-0.2, 0) is 18.3 Å². The number of nitrogens with zero attached hydrogens (tertiary/aromatic N) is 3. The Hall–Kier alpha value is -3.42. The fraction of sp³-hybridized carbons (Fsp3) is 0.364. The highest BCUT2D eigenvalue weighted by Crippen LogP contribution is 2.26. The van der Waals surface area contributed by atoms with Crippen LogP contribution in [-0.4, -0.2) is 25.8 Å². The van der Waals surface area contributed by atoms with Crippen LogP contribution in [0.25, 0.3) is 5.95 Å². The van der Waals surface area contributed by atoms with Gasteiger partial charge in [-0.15, -0.1) is 0 Å². The SMILES string of the molecule is CC(C)(C)c1cc(NC(=O)Nc2ccccc2)n(-c2nc3c(c(=O)[nH]2)CCCC3)n1. The summed E-state index contributed by atoms with van der Waals surface area (Å²) < 4.78 is 1.50. The molecular formula is C22H26N6O2. The maximum atomic E-state index is 12.6. The molecule has 0 saturated heterocycles. The molecule has 0 fully saturated rings. The van der Waals surface area contributed by atoms with Crippen molar-refractivity contribution in [3.05, 3.63) is 63.7 Å². The van der Waals surface area contributed by atoms with Gasteiger partial charge in [0.1, 0.15) is 5.82 Å². The number of hydrogen-bond donors (Lipinski definition) is 3. The first-order valence-electron chi connectivity index (χ1n) is 10.2. The Bertz CT molecular complexity index is 1120. The molecule has 1 aromatic carbocycles. The molecule has 0 spiro atoms. The molecular weight excluding hydrogens is 380 g/mol. The number of anilines is 2. The van der Waals surface area contributed by atoms with Gasteiger partial charge in [-0.1, -0.05) is 39.0 Å². The largest absolute Gasteiger partial charge is 0.324 e. The van der Waals surface area contributed by atoms with E-state index in [2.05, 4.69) is 25.7 Å². The summed E-state index contributed by atoms with van der Waals surface area (Å²) in [6.45, 7) is 6.11. The second kappa shape index (κ2) is 7.78. The Morgan fingerprint density at radius 1 is 1.10 bits per heavy atom. The zero-order valence-corrected chi connectivity index (χ0v) is 17.5. The van der Waals surface area contributed by atoms with E-state index in [-0.39, 0.29) is 11.0 Å². The van der Waals surface area contributed by atoms with E-state index in [4.69, 9.17) is 0 Å². The predicted octanol–water partition coefficient (Wildman–Crippen LogP) is 3.78. The monoisotopic (exact) mass is 406 g/mol. The minimum absolute atomic E-state index is 0.137. The van der Waals surface area contributed by atoms with Gasteiger partial charge in [0.25, 0.3) is 5.56 Å². The van der Waals surface area contributed by atoms with Crippen molar-refractivity contribution in [2.45, 2.75) is 51.9 Å². The summed E-state index contributed by atoms with van der Waals surface area (Å²) in [5.41, 5.74) is 2.64. The summed E-state index contributed by atoms with van der Waals surface area (Å²) in [6, 6.07) is 10.6. The lowest BCUT2D eigenvalue weighted by Gasteiger charge is -2.16. The number of carbonyl (C=O) groups is 1. The Balaban J connectivity index is 1.71. The molecule has 0 atom stereocenters. The molecule has 3 aromatic rings. The third-order valence-corrected chi connectivity index (χ3v) is 5.13. The van der Waals surface area contributed by atoms with Crippen molar-refractivity contribution in [1.29, 1.82) is 0 Å². The van der Waals surface area contributed by atoms with Gasteiger partial charge in [-0.2, -0.15) is 9.78 Å². The molecule has 0 unspecified atom stereocenters. The Labute approximate surface area is 174 Å². The molecule has 0 saturated carbocycles. The smallest absolute Gasteiger partial charge is 0.308 e. The Kier molecular flexibility index (Phi) is 5.15. The highest BCUT2D eigenvalue weighted by atomic mass is 16.2. The van der Waals surface area contributed by atoms with Crippen molar-refractivity contribution in [3.63, 3.8) is 0 Å². The first-order chi connectivity index (χ1) is 14.3. The molecule has 4 rings (SSSR count). The lowest BCUT2D eigenvalue weighted by Crippen LogP contribution is -2.26. The number of aromatic amines is 1. The lowest BCUT2D eigenvalue weighted by atomic mass is 9.92. The fourth-order valence-electron chi connectivity index (χ4n) is 3.49. The highest BCUT2D eigenvalue weighted by Gasteiger charge is 2.24. The van der Waals surface area contributed by atoms with Crippen LogP contribution >= 0.6 is 0 Å². The average Bonchev–Trinajstić information content (AvgIpc) is 3.13. The quantitative estimate of drug-likeness (QED) is 0.616. The van der Waals surface area contributed by atoms with Crippen molar-refractivity contribution in [2.24, 2.45) is 0 Å². The number of aromatic nitrogens is 4. The van der Waals surface area contributed by atoms with Gasteiger partial charge in [-0.3, -0.25) is 15.1 Å². The average molecular weight is 406 g/mol. The van der Waals surface area contributed by atoms with Gasteiger partial charge >= 0.3 is 6.03 Å². The molecule has 8 heteroatoms. The maximum Gasteiger partial charge on any atom is 0.324 e. The number of fused-ring (bicyclic) bond motifs is 1. The summed E-state index contributed by atoms with van der Waals surface area (Å²) in [7, 11) is 0. The molecule has 0 aliphatic heterocycles.